The van der Waals surface area contributed by atoms with E-state index in [1.54, 1.807) is 12.1 Å². The fraction of sp³-hybridized carbons (Fsp3) is 0.125. The van der Waals surface area contributed by atoms with Gasteiger partial charge < -0.3 is 10.1 Å². The van der Waals surface area contributed by atoms with Crippen molar-refractivity contribution in [2.24, 2.45) is 5.14 Å². The van der Waals surface area contributed by atoms with Gasteiger partial charge in [-0.1, -0.05) is 12.1 Å². The summed E-state index contributed by atoms with van der Waals surface area (Å²) in [5.74, 6) is 0.0585. The lowest BCUT2D eigenvalue weighted by atomic mass is 10.2. The normalized spacial score (nSPS) is 11.5. The molecule has 0 aliphatic heterocycles. The van der Waals surface area contributed by atoms with E-state index in [1.165, 1.54) is 37.7 Å². The van der Waals surface area contributed by atoms with Crippen LogP contribution in [0.1, 0.15) is 5.56 Å². The summed E-state index contributed by atoms with van der Waals surface area (Å²) in [6.07, 6.45) is 1.37. The van der Waals surface area contributed by atoms with Crippen molar-refractivity contribution >= 4 is 26.7 Å². The zero-order valence-electron chi connectivity index (χ0n) is 13.2. The summed E-state index contributed by atoms with van der Waals surface area (Å²) >= 11 is 0. The molecule has 0 fully saturated rings. The highest BCUT2D eigenvalue weighted by Gasteiger charge is 2.11. The molecule has 1 aromatic heterocycles. The molecule has 0 saturated carbocycles. The Bertz CT molecular complexity index is 1020. The molecule has 9 heteroatoms. The number of nitrogens with two attached hydrogens (primary N) is 1. The van der Waals surface area contributed by atoms with Gasteiger partial charge in [-0.15, -0.1) is 0 Å². The van der Waals surface area contributed by atoms with Crippen LogP contribution < -0.4 is 15.2 Å². The number of hydrogen-bond donors (Lipinski definition) is 2. The number of hydrogen-bond acceptors (Lipinski definition) is 6. The molecule has 130 valence electrons. The van der Waals surface area contributed by atoms with Crippen molar-refractivity contribution in [3.05, 3.63) is 54.1 Å². The van der Waals surface area contributed by atoms with E-state index in [9.17, 15) is 12.8 Å². The molecule has 0 radical (unpaired) electrons. The monoisotopic (exact) mass is 362 g/mol. The number of sulfonamides is 1. The van der Waals surface area contributed by atoms with Gasteiger partial charge in [-0.05, 0) is 23.8 Å². The van der Waals surface area contributed by atoms with Crippen molar-refractivity contribution in [3.8, 4) is 5.75 Å². The summed E-state index contributed by atoms with van der Waals surface area (Å²) in [5, 5.41) is 8.67. The largest absolute Gasteiger partial charge is 0.494 e. The van der Waals surface area contributed by atoms with Gasteiger partial charge in [-0.3, -0.25) is 0 Å². The van der Waals surface area contributed by atoms with Crippen LogP contribution in [0.3, 0.4) is 0 Å². The number of anilines is 1. The highest BCUT2D eigenvalue weighted by Crippen LogP contribution is 2.27. The minimum Gasteiger partial charge on any atom is -0.494 e. The third kappa shape index (κ3) is 3.67. The zero-order chi connectivity index (χ0) is 18.0. The van der Waals surface area contributed by atoms with E-state index in [0.29, 0.717) is 23.3 Å². The van der Waals surface area contributed by atoms with E-state index in [2.05, 4.69) is 15.3 Å². The Kier molecular flexibility index (Phi) is 4.51. The van der Waals surface area contributed by atoms with Crippen molar-refractivity contribution in [2.75, 3.05) is 12.4 Å². The molecule has 7 nitrogen and oxygen atoms in total. The standard InChI is InChI=1S/C16H15FN4O3S/c1-24-15-7-14-12(6-13(15)17)16(21-9-20-14)19-8-10-2-4-11(5-3-10)25(18,22)23/h2-7,9H,8H2,1H3,(H2,18,22,23)(H,19,20,21). The van der Waals surface area contributed by atoms with Gasteiger partial charge in [0.15, 0.2) is 11.6 Å². The van der Waals surface area contributed by atoms with E-state index >= 15 is 0 Å². The molecule has 2 aromatic carbocycles. The predicted molar refractivity (Wildman–Crippen MR) is 91.2 cm³/mol. The van der Waals surface area contributed by atoms with E-state index in [-0.39, 0.29) is 10.6 Å². The van der Waals surface area contributed by atoms with Crippen LogP contribution in [0.15, 0.2) is 47.6 Å². The molecule has 0 atom stereocenters. The average molecular weight is 362 g/mol. The number of halogens is 1. The van der Waals surface area contributed by atoms with Crippen LogP contribution in [-0.4, -0.2) is 25.5 Å². The lowest BCUT2D eigenvalue weighted by molar-refractivity contribution is 0.387. The molecule has 1 heterocycles. The number of benzene rings is 2. The Morgan fingerprint density at radius 1 is 1.20 bits per heavy atom. The number of primary sulfonamides is 1. The fourth-order valence-electron chi connectivity index (χ4n) is 2.34. The van der Waals surface area contributed by atoms with Crippen molar-refractivity contribution in [3.63, 3.8) is 0 Å². The number of fused-ring (bicyclic) bond motifs is 1. The second kappa shape index (κ2) is 6.61. The smallest absolute Gasteiger partial charge is 0.238 e. The van der Waals surface area contributed by atoms with Crippen LogP contribution >= 0.6 is 0 Å². The van der Waals surface area contributed by atoms with Crippen molar-refractivity contribution < 1.29 is 17.5 Å². The van der Waals surface area contributed by atoms with Gasteiger partial charge >= 0.3 is 0 Å². The maximum atomic E-state index is 13.9. The minimum absolute atomic E-state index is 0.0397. The topological polar surface area (TPSA) is 107 Å². The van der Waals surface area contributed by atoms with Crippen LogP contribution in [0.25, 0.3) is 10.9 Å². The molecule has 3 aromatic rings. The molecule has 3 N–H and O–H groups in total. The molecule has 0 unspecified atom stereocenters. The molecule has 0 saturated heterocycles. The fourth-order valence-corrected chi connectivity index (χ4v) is 2.85. The van der Waals surface area contributed by atoms with Crippen LogP contribution in [0, 0.1) is 5.82 Å². The second-order valence-electron chi connectivity index (χ2n) is 5.27. The first-order valence-electron chi connectivity index (χ1n) is 7.22. The molecule has 3 rings (SSSR count). The lowest BCUT2D eigenvalue weighted by Gasteiger charge is -2.10. The molecular weight excluding hydrogens is 347 g/mol. The summed E-state index contributed by atoms with van der Waals surface area (Å²) < 4.78 is 41.4. The van der Waals surface area contributed by atoms with Crippen molar-refractivity contribution in [1.29, 1.82) is 0 Å². The van der Waals surface area contributed by atoms with Gasteiger partial charge in [-0.25, -0.2) is 27.9 Å². The quantitative estimate of drug-likeness (QED) is 0.719. The first kappa shape index (κ1) is 17.1. The Hall–Kier alpha value is -2.78. The third-order valence-corrected chi connectivity index (χ3v) is 4.55. The molecule has 0 amide bonds. The summed E-state index contributed by atoms with van der Waals surface area (Å²) in [7, 11) is -2.34. The van der Waals surface area contributed by atoms with Crippen LogP contribution in [0.4, 0.5) is 10.2 Å². The number of nitrogens with zero attached hydrogens (tertiary/aromatic N) is 2. The van der Waals surface area contributed by atoms with E-state index < -0.39 is 15.8 Å². The highest BCUT2D eigenvalue weighted by molar-refractivity contribution is 7.89. The van der Waals surface area contributed by atoms with E-state index in [1.807, 2.05) is 0 Å². The Labute approximate surface area is 143 Å². The van der Waals surface area contributed by atoms with Crippen molar-refractivity contribution in [2.45, 2.75) is 11.4 Å². The van der Waals surface area contributed by atoms with Crippen LogP contribution in [-0.2, 0) is 16.6 Å². The maximum absolute atomic E-state index is 13.9. The van der Waals surface area contributed by atoms with Crippen LogP contribution in [0.2, 0.25) is 0 Å². The Morgan fingerprint density at radius 3 is 2.56 bits per heavy atom. The SMILES string of the molecule is COc1cc2ncnc(NCc3ccc(S(N)(=O)=O)cc3)c2cc1F. The predicted octanol–water partition coefficient (Wildman–Crippen LogP) is 2.04. The molecule has 0 aliphatic rings. The number of rotatable bonds is 5. The van der Waals surface area contributed by atoms with E-state index in [4.69, 9.17) is 9.88 Å². The summed E-state index contributed by atoms with van der Waals surface area (Å²) in [6.45, 7) is 0.366. The van der Waals surface area contributed by atoms with Crippen LogP contribution in [0.5, 0.6) is 5.75 Å². The Morgan fingerprint density at radius 2 is 1.92 bits per heavy atom. The number of methoxy groups -OCH3 is 1. The third-order valence-electron chi connectivity index (χ3n) is 3.62. The number of nitrogens with one attached hydrogen (secondary N) is 1. The number of aromatic nitrogens is 2. The number of ether oxygens (including phenoxy) is 1. The van der Waals surface area contributed by atoms with E-state index in [0.717, 1.165) is 5.56 Å². The maximum Gasteiger partial charge on any atom is 0.238 e. The first-order valence-corrected chi connectivity index (χ1v) is 8.77. The highest BCUT2D eigenvalue weighted by atomic mass is 32.2. The molecule has 0 spiro atoms. The zero-order valence-corrected chi connectivity index (χ0v) is 14.0. The minimum atomic E-state index is -3.72. The molecule has 0 bridgehead atoms. The van der Waals surface area contributed by atoms with Gasteiger partial charge in [0, 0.05) is 18.0 Å². The van der Waals surface area contributed by atoms with Gasteiger partial charge in [0.05, 0.1) is 17.5 Å². The first-order chi connectivity index (χ1) is 11.9. The molecule has 25 heavy (non-hydrogen) atoms. The molecule has 0 aliphatic carbocycles. The lowest BCUT2D eigenvalue weighted by Crippen LogP contribution is -2.12. The van der Waals surface area contributed by atoms with Gasteiger partial charge in [0.1, 0.15) is 12.1 Å². The molecular formula is C16H15FN4O3S. The summed E-state index contributed by atoms with van der Waals surface area (Å²) in [4.78, 5) is 8.28. The summed E-state index contributed by atoms with van der Waals surface area (Å²) in [5.41, 5.74) is 1.36. The second-order valence-corrected chi connectivity index (χ2v) is 6.83. The van der Waals surface area contributed by atoms with Gasteiger partial charge in [-0.2, -0.15) is 0 Å². The Balaban J connectivity index is 1.85. The summed E-state index contributed by atoms with van der Waals surface area (Å²) in [6, 6.07) is 8.93. The average Bonchev–Trinajstić information content (AvgIpc) is 2.59. The van der Waals surface area contributed by atoms with Gasteiger partial charge in [0.25, 0.3) is 0 Å². The van der Waals surface area contributed by atoms with Crippen molar-refractivity contribution in [1.82, 2.24) is 9.97 Å². The van der Waals surface area contributed by atoms with Gasteiger partial charge in [0.2, 0.25) is 10.0 Å².